The van der Waals surface area contributed by atoms with Crippen LogP contribution >= 0.6 is 12.4 Å². The molecule has 144 valence electrons. The van der Waals surface area contributed by atoms with Gasteiger partial charge in [0, 0.05) is 38.0 Å². The number of piperidine rings is 1. The van der Waals surface area contributed by atoms with Crippen LogP contribution in [-0.2, 0) is 9.59 Å². The molecule has 0 aromatic rings. The molecule has 3 atom stereocenters. The number of nitrogens with two attached hydrogens (primary N) is 1. The first-order valence-electron chi connectivity index (χ1n) is 9.98. The number of rotatable bonds is 6. The smallest absolute Gasteiger partial charge is 0.226 e. The first kappa shape index (κ1) is 20.5. The van der Waals surface area contributed by atoms with E-state index in [4.69, 9.17) is 5.73 Å². The fraction of sp³-hybridized carbons (Fsp3) is 0.895. The highest BCUT2D eigenvalue weighted by molar-refractivity contribution is 5.85. The number of likely N-dealkylation sites (tertiary alicyclic amines) is 1. The Balaban J connectivity index is 0.00000225. The molecule has 3 aliphatic rings. The molecule has 5 nitrogen and oxygen atoms in total. The molecule has 1 heterocycles. The third kappa shape index (κ3) is 5.33. The second kappa shape index (κ2) is 9.77. The van der Waals surface area contributed by atoms with Crippen LogP contribution in [0.1, 0.15) is 64.2 Å². The molecule has 0 aromatic heterocycles. The van der Waals surface area contributed by atoms with E-state index in [1.54, 1.807) is 0 Å². The molecule has 6 heteroatoms. The largest absolute Gasteiger partial charge is 0.354 e. The third-order valence-electron chi connectivity index (χ3n) is 6.23. The molecular formula is C19H34ClN3O2. The van der Waals surface area contributed by atoms with Gasteiger partial charge in [-0.05, 0) is 37.5 Å². The number of amides is 2. The van der Waals surface area contributed by atoms with E-state index < -0.39 is 0 Å². The number of nitrogens with one attached hydrogen (secondary N) is 1. The van der Waals surface area contributed by atoms with Crippen LogP contribution < -0.4 is 11.1 Å². The molecule has 2 aliphatic carbocycles. The Morgan fingerprint density at radius 1 is 1.04 bits per heavy atom. The van der Waals surface area contributed by atoms with Crippen LogP contribution in [0.15, 0.2) is 0 Å². The van der Waals surface area contributed by atoms with Crippen LogP contribution in [0, 0.1) is 17.8 Å². The van der Waals surface area contributed by atoms with Crippen molar-refractivity contribution in [1.29, 1.82) is 0 Å². The minimum atomic E-state index is 0. The average molecular weight is 372 g/mol. The van der Waals surface area contributed by atoms with Gasteiger partial charge in [-0.3, -0.25) is 9.59 Å². The second-order valence-electron chi connectivity index (χ2n) is 7.93. The summed E-state index contributed by atoms with van der Waals surface area (Å²) in [5.74, 6) is 2.08. The van der Waals surface area contributed by atoms with E-state index in [9.17, 15) is 9.59 Å². The molecule has 2 saturated carbocycles. The number of halogens is 1. The van der Waals surface area contributed by atoms with Crippen molar-refractivity contribution in [3.05, 3.63) is 0 Å². The van der Waals surface area contributed by atoms with Gasteiger partial charge in [-0.2, -0.15) is 0 Å². The lowest BCUT2D eigenvalue weighted by Gasteiger charge is -2.36. The van der Waals surface area contributed by atoms with Crippen molar-refractivity contribution in [2.45, 2.75) is 70.3 Å². The highest BCUT2D eigenvalue weighted by atomic mass is 35.5. The Labute approximate surface area is 157 Å². The lowest BCUT2D eigenvalue weighted by atomic mass is 9.85. The zero-order chi connectivity index (χ0) is 16.9. The summed E-state index contributed by atoms with van der Waals surface area (Å²) in [6.07, 6.45) is 11.5. The molecule has 0 spiro atoms. The molecule has 0 aromatic carbocycles. The van der Waals surface area contributed by atoms with E-state index in [2.05, 4.69) is 10.2 Å². The molecule has 3 N–H and O–H groups in total. The summed E-state index contributed by atoms with van der Waals surface area (Å²) in [6.45, 7) is 1.83. The standard InChI is InChI=1S/C19H33N3O2.ClH/c20-10-9-18(23)21-13-15-8-4-5-11-22(15)19(24)17-12-16(17)14-6-2-1-3-7-14;/h14-17H,1-13,20H2,(H,21,23);1H. The number of carbonyl (C=O) groups is 2. The predicted octanol–water partition coefficient (Wildman–Crippen LogP) is 2.47. The zero-order valence-electron chi connectivity index (χ0n) is 15.3. The highest BCUT2D eigenvalue weighted by Gasteiger charge is 2.49. The summed E-state index contributed by atoms with van der Waals surface area (Å²) >= 11 is 0. The van der Waals surface area contributed by atoms with Crippen molar-refractivity contribution in [2.24, 2.45) is 23.5 Å². The minimum absolute atomic E-state index is 0. The highest BCUT2D eigenvalue weighted by Crippen LogP contribution is 2.50. The monoisotopic (exact) mass is 371 g/mol. The molecular weight excluding hydrogens is 338 g/mol. The van der Waals surface area contributed by atoms with E-state index >= 15 is 0 Å². The third-order valence-corrected chi connectivity index (χ3v) is 6.23. The van der Waals surface area contributed by atoms with E-state index in [0.717, 1.165) is 38.1 Å². The zero-order valence-corrected chi connectivity index (χ0v) is 16.1. The van der Waals surface area contributed by atoms with E-state index in [-0.39, 0.29) is 30.3 Å². The van der Waals surface area contributed by atoms with Gasteiger partial charge in [0.2, 0.25) is 11.8 Å². The van der Waals surface area contributed by atoms with Gasteiger partial charge in [0.15, 0.2) is 0 Å². The van der Waals surface area contributed by atoms with Crippen molar-refractivity contribution >= 4 is 24.2 Å². The first-order valence-corrected chi connectivity index (χ1v) is 9.98. The molecule has 25 heavy (non-hydrogen) atoms. The Morgan fingerprint density at radius 2 is 1.76 bits per heavy atom. The minimum Gasteiger partial charge on any atom is -0.354 e. The average Bonchev–Trinajstić information content (AvgIpc) is 3.41. The number of nitrogens with zero attached hydrogens (tertiary/aromatic N) is 1. The van der Waals surface area contributed by atoms with E-state index in [1.807, 2.05) is 0 Å². The molecule has 3 rings (SSSR count). The predicted molar refractivity (Wildman–Crippen MR) is 101 cm³/mol. The van der Waals surface area contributed by atoms with Crippen molar-refractivity contribution in [1.82, 2.24) is 10.2 Å². The van der Waals surface area contributed by atoms with Gasteiger partial charge < -0.3 is 16.0 Å². The Hall–Kier alpha value is -0.810. The van der Waals surface area contributed by atoms with Gasteiger partial charge in [0.25, 0.3) is 0 Å². The summed E-state index contributed by atoms with van der Waals surface area (Å²) in [4.78, 5) is 26.7. The first-order chi connectivity index (χ1) is 11.7. The normalized spacial score (nSPS) is 29.6. The quantitative estimate of drug-likeness (QED) is 0.753. The summed E-state index contributed by atoms with van der Waals surface area (Å²) < 4.78 is 0. The van der Waals surface area contributed by atoms with Crippen molar-refractivity contribution in [2.75, 3.05) is 19.6 Å². The molecule has 0 bridgehead atoms. The van der Waals surface area contributed by atoms with E-state index in [1.165, 1.54) is 32.1 Å². The van der Waals surface area contributed by atoms with Crippen LogP contribution in [0.25, 0.3) is 0 Å². The van der Waals surface area contributed by atoms with Gasteiger partial charge in [-0.1, -0.05) is 32.1 Å². The van der Waals surface area contributed by atoms with Crippen LogP contribution in [0.4, 0.5) is 0 Å². The van der Waals surface area contributed by atoms with Crippen LogP contribution in [-0.4, -0.2) is 42.4 Å². The summed E-state index contributed by atoms with van der Waals surface area (Å²) in [7, 11) is 0. The molecule has 0 radical (unpaired) electrons. The summed E-state index contributed by atoms with van der Waals surface area (Å²) in [6, 6.07) is 0.181. The molecule has 3 unspecified atom stereocenters. The van der Waals surface area contributed by atoms with Crippen molar-refractivity contribution in [3.8, 4) is 0 Å². The maximum absolute atomic E-state index is 13.0. The molecule has 3 fully saturated rings. The number of hydrogen-bond donors (Lipinski definition) is 2. The fourth-order valence-electron chi connectivity index (χ4n) is 4.75. The van der Waals surface area contributed by atoms with Crippen LogP contribution in [0.2, 0.25) is 0 Å². The van der Waals surface area contributed by atoms with E-state index in [0.29, 0.717) is 31.3 Å². The number of carbonyl (C=O) groups excluding carboxylic acids is 2. The van der Waals surface area contributed by atoms with Gasteiger partial charge >= 0.3 is 0 Å². The molecule has 1 saturated heterocycles. The Bertz CT molecular complexity index is 454. The van der Waals surface area contributed by atoms with Gasteiger partial charge in [0.05, 0.1) is 0 Å². The maximum Gasteiger partial charge on any atom is 0.226 e. The SMILES string of the molecule is Cl.NCCC(=O)NCC1CCCCN1C(=O)C1CC1C1CCCCC1. The summed E-state index contributed by atoms with van der Waals surface area (Å²) in [5, 5.41) is 2.96. The Morgan fingerprint density at radius 3 is 2.48 bits per heavy atom. The molecule has 2 amide bonds. The Kier molecular flexibility index (Phi) is 8.01. The van der Waals surface area contributed by atoms with Crippen molar-refractivity contribution in [3.63, 3.8) is 0 Å². The maximum atomic E-state index is 13.0. The van der Waals surface area contributed by atoms with Gasteiger partial charge in [-0.25, -0.2) is 0 Å². The van der Waals surface area contributed by atoms with Crippen LogP contribution in [0.5, 0.6) is 0 Å². The second-order valence-corrected chi connectivity index (χ2v) is 7.93. The van der Waals surface area contributed by atoms with Gasteiger partial charge in [-0.15, -0.1) is 12.4 Å². The topological polar surface area (TPSA) is 75.4 Å². The lowest BCUT2D eigenvalue weighted by molar-refractivity contribution is -0.137. The number of hydrogen-bond acceptors (Lipinski definition) is 3. The van der Waals surface area contributed by atoms with Gasteiger partial charge in [0.1, 0.15) is 0 Å². The van der Waals surface area contributed by atoms with Crippen molar-refractivity contribution < 1.29 is 9.59 Å². The molecule has 1 aliphatic heterocycles. The van der Waals surface area contributed by atoms with Crippen LogP contribution in [0.3, 0.4) is 0 Å². The fourth-order valence-corrected chi connectivity index (χ4v) is 4.75. The lowest BCUT2D eigenvalue weighted by Crippen LogP contribution is -2.50. The summed E-state index contributed by atoms with van der Waals surface area (Å²) in [5.41, 5.74) is 5.42.